The molecule has 0 saturated carbocycles. The number of ether oxygens (including phenoxy) is 1. The molecule has 1 heterocycles. The fourth-order valence-corrected chi connectivity index (χ4v) is 2.01. The van der Waals surface area contributed by atoms with Gasteiger partial charge in [0.15, 0.2) is 0 Å². The first-order valence-electron chi connectivity index (χ1n) is 6.05. The molecule has 0 spiro atoms. The number of hydrogen-bond donors (Lipinski definition) is 1. The van der Waals surface area contributed by atoms with Crippen LogP contribution in [0.2, 0.25) is 0 Å². The summed E-state index contributed by atoms with van der Waals surface area (Å²) in [4.78, 5) is 11.2. The number of carbonyl (C=O) groups is 1. The van der Waals surface area contributed by atoms with Crippen LogP contribution in [0.25, 0.3) is 0 Å². The Morgan fingerprint density at radius 1 is 1.67 bits per heavy atom. The average Bonchev–Trinajstić information content (AvgIpc) is 2.85. The fourth-order valence-electron chi connectivity index (χ4n) is 1.44. The second-order valence-corrected chi connectivity index (χ2v) is 5.67. The van der Waals surface area contributed by atoms with Gasteiger partial charge in [-0.3, -0.25) is 9.48 Å². The molecule has 0 fully saturated rings. The van der Waals surface area contributed by atoms with E-state index in [0.29, 0.717) is 19.1 Å². The Bertz CT molecular complexity index is 381. The van der Waals surface area contributed by atoms with E-state index in [2.05, 4.69) is 51.6 Å². The van der Waals surface area contributed by atoms with Gasteiger partial charge in [-0.15, -0.1) is 0 Å². The van der Waals surface area contributed by atoms with Crippen molar-refractivity contribution < 1.29 is 9.53 Å². The van der Waals surface area contributed by atoms with Gasteiger partial charge in [0.25, 0.3) is 0 Å². The molecule has 1 aromatic rings. The highest BCUT2D eigenvalue weighted by Crippen LogP contribution is 2.09. The van der Waals surface area contributed by atoms with E-state index in [1.165, 1.54) is 7.11 Å². The molecule has 0 aromatic carbocycles. The highest BCUT2D eigenvalue weighted by atomic mass is 127. The van der Waals surface area contributed by atoms with Crippen LogP contribution in [-0.4, -0.2) is 33.3 Å². The Morgan fingerprint density at radius 3 is 3.00 bits per heavy atom. The first kappa shape index (κ1) is 15.4. The molecular formula is C12H20IN3O2. The Morgan fingerprint density at radius 2 is 2.39 bits per heavy atom. The highest BCUT2D eigenvalue weighted by Gasteiger charge is 2.14. The third-order valence-corrected chi connectivity index (χ3v) is 3.74. The maximum absolute atomic E-state index is 11.2. The number of nitrogens with zero attached hydrogens (tertiary/aromatic N) is 2. The van der Waals surface area contributed by atoms with E-state index in [0.717, 1.165) is 12.1 Å². The number of alkyl halides is 1. The van der Waals surface area contributed by atoms with Crippen LogP contribution < -0.4 is 5.32 Å². The molecule has 5 nitrogen and oxygen atoms in total. The van der Waals surface area contributed by atoms with Gasteiger partial charge in [0.05, 0.1) is 12.8 Å². The van der Waals surface area contributed by atoms with Gasteiger partial charge in [0.2, 0.25) is 0 Å². The monoisotopic (exact) mass is 365 g/mol. The topological polar surface area (TPSA) is 56.2 Å². The molecule has 0 amide bonds. The summed E-state index contributed by atoms with van der Waals surface area (Å²) >= 11 is 2.07. The molecule has 0 saturated heterocycles. The molecule has 0 aliphatic rings. The quantitative estimate of drug-likeness (QED) is 0.456. The van der Waals surface area contributed by atoms with Crippen LogP contribution >= 0.6 is 22.6 Å². The number of aromatic nitrogens is 2. The smallest absolute Gasteiger partial charge is 0.319 e. The van der Waals surface area contributed by atoms with Crippen LogP contribution in [0.5, 0.6) is 0 Å². The molecule has 102 valence electrons. The molecule has 0 aliphatic heterocycles. The lowest BCUT2D eigenvalue weighted by molar-refractivity contribution is -0.139. The zero-order valence-electron chi connectivity index (χ0n) is 11.0. The second kappa shape index (κ2) is 7.73. The summed E-state index contributed by atoms with van der Waals surface area (Å²) in [6, 6.07) is 2.42. The van der Waals surface area contributed by atoms with E-state index < -0.39 is 0 Å². The summed E-state index contributed by atoms with van der Waals surface area (Å²) in [7, 11) is 1.40. The molecule has 0 bridgehead atoms. The number of halogens is 1. The number of carbonyl (C=O) groups excluding carboxylic acids is 1. The van der Waals surface area contributed by atoms with Gasteiger partial charge in [-0.05, 0) is 19.4 Å². The zero-order valence-corrected chi connectivity index (χ0v) is 13.2. The normalized spacial score (nSPS) is 14.2. The van der Waals surface area contributed by atoms with Gasteiger partial charge in [0, 0.05) is 25.3 Å². The van der Waals surface area contributed by atoms with Gasteiger partial charge >= 0.3 is 5.97 Å². The van der Waals surface area contributed by atoms with E-state index in [4.69, 9.17) is 0 Å². The van der Waals surface area contributed by atoms with Crippen molar-refractivity contribution in [3.63, 3.8) is 0 Å². The third kappa shape index (κ3) is 4.56. The molecule has 6 heteroatoms. The number of esters is 1. The number of hydrogen-bond acceptors (Lipinski definition) is 4. The minimum atomic E-state index is -0.201. The van der Waals surface area contributed by atoms with Crippen molar-refractivity contribution >= 4 is 28.6 Å². The lowest BCUT2D eigenvalue weighted by atomic mass is 10.3. The van der Waals surface area contributed by atoms with E-state index >= 15 is 0 Å². The Labute approximate surface area is 121 Å². The molecular weight excluding hydrogens is 345 g/mol. The predicted molar refractivity (Wildman–Crippen MR) is 78.8 cm³/mol. The summed E-state index contributed by atoms with van der Waals surface area (Å²) < 4.78 is 6.47. The molecule has 1 N–H and O–H groups in total. The van der Waals surface area contributed by atoms with Crippen molar-refractivity contribution in [3.8, 4) is 0 Å². The van der Waals surface area contributed by atoms with Gasteiger partial charge in [-0.1, -0.05) is 29.5 Å². The number of rotatable bonds is 7. The van der Waals surface area contributed by atoms with Crippen molar-refractivity contribution in [3.05, 3.63) is 18.0 Å². The zero-order chi connectivity index (χ0) is 13.5. The van der Waals surface area contributed by atoms with E-state index in [1.54, 1.807) is 0 Å². The first-order valence-corrected chi connectivity index (χ1v) is 7.29. The maximum atomic E-state index is 11.2. The number of methoxy groups -OCH3 is 1. The summed E-state index contributed by atoms with van der Waals surface area (Å²) in [6.07, 6.45) is 3.06. The minimum Gasteiger partial charge on any atom is -0.468 e. The van der Waals surface area contributed by atoms with Gasteiger partial charge in [-0.25, -0.2) is 0 Å². The van der Waals surface area contributed by atoms with Gasteiger partial charge < -0.3 is 10.1 Å². The third-order valence-electron chi connectivity index (χ3n) is 2.79. The van der Waals surface area contributed by atoms with Crippen LogP contribution in [0.1, 0.15) is 32.0 Å². The summed E-state index contributed by atoms with van der Waals surface area (Å²) in [5, 5.41) is 7.68. The second-order valence-electron chi connectivity index (χ2n) is 4.17. The summed E-state index contributed by atoms with van der Waals surface area (Å²) in [5.41, 5.74) is 0.990. The van der Waals surface area contributed by atoms with Gasteiger partial charge in [-0.2, -0.15) is 5.10 Å². The lowest BCUT2D eigenvalue weighted by Gasteiger charge is -2.09. The van der Waals surface area contributed by atoms with Gasteiger partial charge in [0.1, 0.15) is 3.92 Å². The molecule has 1 rings (SSSR count). The van der Waals surface area contributed by atoms with Crippen LogP contribution in [-0.2, 0) is 16.1 Å². The highest BCUT2D eigenvalue weighted by molar-refractivity contribution is 14.1. The Hall–Kier alpha value is -0.630. The Balaban J connectivity index is 2.36. The van der Waals surface area contributed by atoms with Crippen molar-refractivity contribution in [2.24, 2.45) is 0 Å². The van der Waals surface area contributed by atoms with E-state index in [1.807, 2.05) is 16.9 Å². The van der Waals surface area contributed by atoms with Crippen LogP contribution in [0, 0.1) is 0 Å². The number of nitrogens with one attached hydrogen (secondary N) is 1. The van der Waals surface area contributed by atoms with Crippen molar-refractivity contribution in [1.29, 1.82) is 0 Å². The molecule has 0 aliphatic carbocycles. The summed E-state index contributed by atoms with van der Waals surface area (Å²) in [6.45, 7) is 5.53. The maximum Gasteiger partial charge on any atom is 0.319 e. The largest absolute Gasteiger partial charge is 0.468 e. The van der Waals surface area contributed by atoms with Crippen molar-refractivity contribution in [2.45, 2.75) is 36.8 Å². The van der Waals surface area contributed by atoms with Crippen molar-refractivity contribution in [2.75, 3.05) is 13.7 Å². The van der Waals surface area contributed by atoms with Crippen LogP contribution in [0.15, 0.2) is 12.3 Å². The van der Waals surface area contributed by atoms with Crippen LogP contribution in [0.3, 0.4) is 0 Å². The van der Waals surface area contributed by atoms with E-state index in [-0.39, 0.29) is 9.89 Å². The van der Waals surface area contributed by atoms with Crippen LogP contribution in [0.4, 0.5) is 0 Å². The summed E-state index contributed by atoms with van der Waals surface area (Å²) in [5.74, 6) is -0.201. The lowest BCUT2D eigenvalue weighted by Crippen LogP contribution is -2.29. The average molecular weight is 365 g/mol. The predicted octanol–water partition coefficient (Wildman–Crippen LogP) is 1.92. The molecule has 2 atom stereocenters. The fraction of sp³-hybridized carbons (Fsp3) is 0.667. The first-order chi connectivity index (χ1) is 8.58. The minimum absolute atomic E-state index is 0.163. The molecule has 2 unspecified atom stereocenters. The SMILES string of the molecule is CCC(C)n1ccc(CNCC(I)C(=O)OC)n1. The standard InChI is InChI=1S/C12H20IN3O2/c1-4-9(2)16-6-5-10(15-16)7-14-8-11(13)12(17)18-3/h5-6,9,11,14H,4,7-8H2,1-3H3. The van der Waals surface area contributed by atoms with Crippen molar-refractivity contribution in [1.82, 2.24) is 15.1 Å². The molecule has 18 heavy (non-hydrogen) atoms. The molecule has 1 aromatic heterocycles. The van der Waals surface area contributed by atoms with E-state index in [9.17, 15) is 4.79 Å². The molecule has 0 radical (unpaired) electrons. The Kier molecular flexibility index (Phi) is 6.62.